The molecule has 0 radical (unpaired) electrons. The molecule has 0 N–H and O–H groups in total. The molecule has 0 aromatic carbocycles. The number of halogens is 1. The van der Waals surface area contributed by atoms with Gasteiger partial charge in [0.15, 0.2) is 0 Å². The van der Waals surface area contributed by atoms with Crippen molar-refractivity contribution in [2.45, 2.75) is 20.3 Å². The number of alkyl halides is 1. The standard InChI is InChI=1S/C9H15BrO4/c1-7(11)13-5-9(3-4-10)6-14-8(2)12/h9H,3-6H2,1-2H3. The van der Waals surface area contributed by atoms with Crippen LogP contribution in [0, 0.1) is 5.92 Å². The number of ether oxygens (including phenoxy) is 2. The summed E-state index contributed by atoms with van der Waals surface area (Å²) < 4.78 is 9.68. The van der Waals surface area contributed by atoms with Crippen LogP contribution in [0.3, 0.4) is 0 Å². The topological polar surface area (TPSA) is 52.6 Å². The zero-order chi connectivity index (χ0) is 11.0. The van der Waals surface area contributed by atoms with E-state index >= 15 is 0 Å². The van der Waals surface area contributed by atoms with Gasteiger partial charge in [0.1, 0.15) is 0 Å². The average Bonchev–Trinajstić information content (AvgIpc) is 2.09. The van der Waals surface area contributed by atoms with E-state index in [0.29, 0.717) is 13.2 Å². The molecule has 14 heavy (non-hydrogen) atoms. The Balaban J connectivity index is 3.76. The van der Waals surface area contributed by atoms with Gasteiger partial charge in [-0.1, -0.05) is 15.9 Å². The van der Waals surface area contributed by atoms with E-state index in [1.165, 1.54) is 13.8 Å². The molecule has 0 aliphatic heterocycles. The molecule has 0 spiro atoms. The van der Waals surface area contributed by atoms with Gasteiger partial charge in [0.05, 0.1) is 13.2 Å². The van der Waals surface area contributed by atoms with E-state index in [4.69, 9.17) is 9.47 Å². The van der Waals surface area contributed by atoms with Gasteiger partial charge >= 0.3 is 11.9 Å². The molecule has 0 aromatic heterocycles. The Labute approximate surface area is 92.1 Å². The van der Waals surface area contributed by atoms with Crippen molar-refractivity contribution in [1.29, 1.82) is 0 Å². The van der Waals surface area contributed by atoms with E-state index < -0.39 is 0 Å². The molecule has 0 heterocycles. The van der Waals surface area contributed by atoms with Crippen LogP contribution in [0.2, 0.25) is 0 Å². The maximum absolute atomic E-state index is 10.5. The number of esters is 2. The van der Waals surface area contributed by atoms with Gasteiger partial charge in [-0.2, -0.15) is 0 Å². The van der Waals surface area contributed by atoms with E-state index in [0.717, 1.165) is 11.8 Å². The van der Waals surface area contributed by atoms with Gasteiger partial charge in [0.2, 0.25) is 0 Å². The average molecular weight is 267 g/mol. The fourth-order valence-corrected chi connectivity index (χ4v) is 1.49. The van der Waals surface area contributed by atoms with E-state index in [-0.39, 0.29) is 17.9 Å². The van der Waals surface area contributed by atoms with Crippen LogP contribution < -0.4 is 0 Å². The largest absolute Gasteiger partial charge is 0.465 e. The molecule has 0 fully saturated rings. The van der Waals surface area contributed by atoms with Gasteiger partial charge < -0.3 is 9.47 Å². The SMILES string of the molecule is CC(=O)OCC(CCBr)COC(C)=O. The fourth-order valence-electron chi connectivity index (χ4n) is 0.839. The van der Waals surface area contributed by atoms with Crippen molar-refractivity contribution in [3.63, 3.8) is 0 Å². The van der Waals surface area contributed by atoms with E-state index in [9.17, 15) is 9.59 Å². The van der Waals surface area contributed by atoms with Crippen molar-refractivity contribution in [1.82, 2.24) is 0 Å². The van der Waals surface area contributed by atoms with Crippen LogP contribution >= 0.6 is 15.9 Å². The second-order valence-electron chi connectivity index (χ2n) is 2.95. The third-order valence-electron chi connectivity index (χ3n) is 1.56. The predicted molar refractivity (Wildman–Crippen MR) is 55.2 cm³/mol. The minimum atomic E-state index is -0.313. The number of carbonyl (C=O) groups is 2. The first-order valence-electron chi connectivity index (χ1n) is 4.39. The van der Waals surface area contributed by atoms with Gasteiger partial charge in [-0.25, -0.2) is 0 Å². The Hall–Kier alpha value is -0.580. The summed E-state index contributed by atoms with van der Waals surface area (Å²) in [6, 6.07) is 0. The van der Waals surface area contributed by atoms with Crippen LogP contribution in [-0.4, -0.2) is 30.5 Å². The summed E-state index contributed by atoms with van der Waals surface area (Å²) in [7, 11) is 0. The summed E-state index contributed by atoms with van der Waals surface area (Å²) in [5.74, 6) is -0.554. The van der Waals surface area contributed by atoms with Crippen molar-refractivity contribution in [2.75, 3.05) is 18.5 Å². The van der Waals surface area contributed by atoms with Gasteiger partial charge in [0.25, 0.3) is 0 Å². The van der Waals surface area contributed by atoms with Gasteiger partial charge in [-0.3, -0.25) is 9.59 Å². The highest BCUT2D eigenvalue weighted by molar-refractivity contribution is 9.09. The van der Waals surface area contributed by atoms with Crippen LogP contribution in [0.1, 0.15) is 20.3 Å². The van der Waals surface area contributed by atoms with Crippen LogP contribution in [0.5, 0.6) is 0 Å². The van der Waals surface area contributed by atoms with Crippen LogP contribution in [0.15, 0.2) is 0 Å². The molecule has 0 amide bonds. The Morgan fingerprint density at radius 3 is 1.86 bits per heavy atom. The second kappa shape index (κ2) is 7.79. The van der Waals surface area contributed by atoms with Crippen molar-refractivity contribution in [3.8, 4) is 0 Å². The molecule has 0 aliphatic carbocycles. The molecular formula is C9H15BrO4. The Bertz CT molecular complexity index is 175. The van der Waals surface area contributed by atoms with Crippen molar-refractivity contribution in [2.24, 2.45) is 5.92 Å². The molecule has 4 nitrogen and oxygen atoms in total. The molecule has 0 saturated heterocycles. The lowest BCUT2D eigenvalue weighted by atomic mass is 10.1. The van der Waals surface area contributed by atoms with Gasteiger partial charge in [-0.05, 0) is 6.42 Å². The van der Waals surface area contributed by atoms with E-state index in [1.807, 2.05) is 0 Å². The first-order valence-corrected chi connectivity index (χ1v) is 5.51. The summed E-state index contributed by atoms with van der Waals surface area (Å²) in [6.45, 7) is 3.32. The van der Waals surface area contributed by atoms with Gasteiger partial charge in [-0.15, -0.1) is 0 Å². The van der Waals surface area contributed by atoms with E-state index in [1.54, 1.807) is 0 Å². The first-order chi connectivity index (χ1) is 6.56. The zero-order valence-corrected chi connectivity index (χ0v) is 10.0. The molecule has 0 atom stereocenters. The molecule has 0 saturated carbocycles. The quantitative estimate of drug-likeness (QED) is 0.540. The number of hydrogen-bond acceptors (Lipinski definition) is 4. The summed E-state index contributed by atoms with van der Waals surface area (Å²) in [4.78, 5) is 21.1. The molecule has 0 unspecified atom stereocenters. The third-order valence-corrected chi connectivity index (χ3v) is 2.02. The molecule has 0 aromatic rings. The monoisotopic (exact) mass is 266 g/mol. The molecule has 0 rings (SSSR count). The summed E-state index contributed by atoms with van der Waals surface area (Å²) in [6.07, 6.45) is 0.806. The highest BCUT2D eigenvalue weighted by Crippen LogP contribution is 2.07. The van der Waals surface area contributed by atoms with Crippen molar-refractivity contribution < 1.29 is 19.1 Å². The van der Waals surface area contributed by atoms with Crippen LogP contribution in [0.25, 0.3) is 0 Å². The number of carbonyl (C=O) groups excluding carboxylic acids is 2. The zero-order valence-electron chi connectivity index (χ0n) is 8.42. The third kappa shape index (κ3) is 8.04. The summed E-state index contributed by atoms with van der Waals surface area (Å²) in [5.41, 5.74) is 0. The predicted octanol–water partition coefficient (Wildman–Crippen LogP) is 1.51. The lowest BCUT2D eigenvalue weighted by Crippen LogP contribution is -2.19. The first kappa shape index (κ1) is 13.4. The fraction of sp³-hybridized carbons (Fsp3) is 0.778. The Kier molecular flexibility index (Phi) is 7.47. The normalized spacial score (nSPS) is 10.0. The Morgan fingerprint density at radius 1 is 1.14 bits per heavy atom. The van der Waals surface area contributed by atoms with Crippen LogP contribution in [-0.2, 0) is 19.1 Å². The lowest BCUT2D eigenvalue weighted by Gasteiger charge is -2.14. The lowest BCUT2D eigenvalue weighted by molar-refractivity contribution is -0.146. The number of rotatable bonds is 6. The van der Waals surface area contributed by atoms with Crippen LogP contribution in [0.4, 0.5) is 0 Å². The number of hydrogen-bond donors (Lipinski definition) is 0. The Morgan fingerprint density at radius 2 is 1.57 bits per heavy atom. The second-order valence-corrected chi connectivity index (χ2v) is 3.74. The summed E-state index contributed by atoms with van der Waals surface area (Å²) in [5, 5.41) is 0.792. The highest BCUT2D eigenvalue weighted by Gasteiger charge is 2.11. The minimum Gasteiger partial charge on any atom is -0.465 e. The van der Waals surface area contributed by atoms with Gasteiger partial charge in [0, 0.05) is 25.1 Å². The van der Waals surface area contributed by atoms with Crippen molar-refractivity contribution >= 4 is 27.9 Å². The van der Waals surface area contributed by atoms with Crippen molar-refractivity contribution in [3.05, 3.63) is 0 Å². The molecule has 0 aliphatic rings. The minimum absolute atomic E-state index is 0.0715. The summed E-state index contributed by atoms with van der Waals surface area (Å²) >= 11 is 3.28. The smallest absolute Gasteiger partial charge is 0.302 e. The highest BCUT2D eigenvalue weighted by atomic mass is 79.9. The molecule has 0 bridgehead atoms. The van der Waals surface area contributed by atoms with E-state index in [2.05, 4.69) is 15.9 Å². The molecule has 5 heteroatoms. The maximum Gasteiger partial charge on any atom is 0.302 e. The molecular weight excluding hydrogens is 252 g/mol. The molecule has 82 valence electrons. The maximum atomic E-state index is 10.5.